The fraction of sp³-hybridized carbons (Fsp3) is 0.385. The Morgan fingerprint density at radius 3 is 2.25 bits per heavy atom. The minimum absolute atomic E-state index is 0.165. The SMILES string of the molecule is Cc1ccc(CC(=O)NC(CC(F)(F)F)C(=O)O)cc1. The first-order valence-electron chi connectivity index (χ1n) is 5.82. The van der Waals surface area contributed by atoms with Gasteiger partial charge in [0.05, 0.1) is 12.8 Å². The van der Waals surface area contributed by atoms with Gasteiger partial charge in [0.2, 0.25) is 5.91 Å². The molecule has 0 saturated carbocycles. The normalized spacial score (nSPS) is 12.8. The van der Waals surface area contributed by atoms with Crippen LogP contribution in [0.3, 0.4) is 0 Å². The van der Waals surface area contributed by atoms with Gasteiger partial charge in [-0.15, -0.1) is 0 Å². The van der Waals surface area contributed by atoms with Crippen molar-refractivity contribution < 1.29 is 27.9 Å². The molecule has 0 bridgehead atoms. The van der Waals surface area contributed by atoms with Crippen LogP contribution in [0.25, 0.3) is 0 Å². The summed E-state index contributed by atoms with van der Waals surface area (Å²) >= 11 is 0. The van der Waals surface area contributed by atoms with E-state index < -0.39 is 30.5 Å². The maximum Gasteiger partial charge on any atom is 0.391 e. The van der Waals surface area contributed by atoms with Crippen LogP contribution >= 0.6 is 0 Å². The summed E-state index contributed by atoms with van der Waals surface area (Å²) in [5.41, 5.74) is 1.58. The molecule has 110 valence electrons. The Bertz CT molecular complexity index is 483. The lowest BCUT2D eigenvalue weighted by molar-refractivity contribution is -0.159. The van der Waals surface area contributed by atoms with Crippen LogP contribution < -0.4 is 5.32 Å². The molecular formula is C13H14F3NO3. The molecule has 1 amide bonds. The lowest BCUT2D eigenvalue weighted by Gasteiger charge is -2.16. The smallest absolute Gasteiger partial charge is 0.391 e. The summed E-state index contributed by atoms with van der Waals surface area (Å²) in [6.07, 6.45) is -6.41. The van der Waals surface area contributed by atoms with Crippen LogP contribution in [0, 0.1) is 6.92 Å². The van der Waals surface area contributed by atoms with E-state index in [4.69, 9.17) is 5.11 Å². The Labute approximate surface area is 113 Å². The second kappa shape index (κ2) is 6.40. The van der Waals surface area contributed by atoms with E-state index in [1.807, 2.05) is 12.2 Å². The van der Waals surface area contributed by atoms with Crippen LogP contribution in [-0.4, -0.2) is 29.2 Å². The molecule has 1 aromatic carbocycles. The van der Waals surface area contributed by atoms with E-state index in [0.717, 1.165) is 5.56 Å². The second-order valence-corrected chi connectivity index (χ2v) is 4.44. The van der Waals surface area contributed by atoms with Crippen molar-refractivity contribution >= 4 is 11.9 Å². The zero-order valence-corrected chi connectivity index (χ0v) is 10.7. The number of aliphatic carboxylic acids is 1. The third kappa shape index (κ3) is 5.73. The Hall–Kier alpha value is -2.05. The van der Waals surface area contributed by atoms with Crippen molar-refractivity contribution in [1.82, 2.24) is 5.32 Å². The van der Waals surface area contributed by atoms with E-state index in [1.54, 1.807) is 24.3 Å². The highest BCUT2D eigenvalue weighted by Crippen LogP contribution is 2.21. The molecule has 4 nitrogen and oxygen atoms in total. The molecule has 7 heteroatoms. The number of benzene rings is 1. The predicted octanol–water partition coefficient (Wildman–Crippen LogP) is 2.06. The molecule has 2 N–H and O–H groups in total. The van der Waals surface area contributed by atoms with Crippen molar-refractivity contribution in [3.8, 4) is 0 Å². The standard InChI is InChI=1S/C13H14F3NO3/c1-8-2-4-9(5-3-8)6-11(18)17-10(12(19)20)7-13(14,15)16/h2-5,10H,6-7H2,1H3,(H,17,18)(H,19,20). The summed E-state index contributed by atoms with van der Waals surface area (Å²) in [4.78, 5) is 22.3. The van der Waals surface area contributed by atoms with Crippen LogP contribution in [0.5, 0.6) is 0 Å². The minimum atomic E-state index is -4.65. The largest absolute Gasteiger partial charge is 0.480 e. The number of alkyl halides is 3. The van der Waals surface area contributed by atoms with Gasteiger partial charge in [-0.2, -0.15) is 13.2 Å². The van der Waals surface area contributed by atoms with Crippen molar-refractivity contribution in [2.75, 3.05) is 0 Å². The van der Waals surface area contributed by atoms with Gasteiger partial charge < -0.3 is 10.4 Å². The van der Waals surface area contributed by atoms with Crippen LogP contribution in [0.1, 0.15) is 17.5 Å². The summed E-state index contributed by atoms with van der Waals surface area (Å²) < 4.78 is 36.5. The number of carboxylic acids is 1. The number of carbonyl (C=O) groups excluding carboxylic acids is 1. The molecule has 0 saturated heterocycles. The highest BCUT2D eigenvalue weighted by molar-refractivity contribution is 5.84. The van der Waals surface area contributed by atoms with Crippen molar-refractivity contribution in [2.45, 2.75) is 32.0 Å². The summed E-state index contributed by atoms with van der Waals surface area (Å²) in [5.74, 6) is -2.47. The van der Waals surface area contributed by atoms with E-state index in [-0.39, 0.29) is 6.42 Å². The van der Waals surface area contributed by atoms with E-state index in [0.29, 0.717) is 5.56 Å². The van der Waals surface area contributed by atoms with Gasteiger partial charge in [-0.1, -0.05) is 29.8 Å². The number of carbonyl (C=O) groups is 2. The molecule has 1 aromatic rings. The molecule has 0 aliphatic carbocycles. The van der Waals surface area contributed by atoms with Crippen LogP contribution in [-0.2, 0) is 16.0 Å². The number of nitrogens with one attached hydrogen (secondary N) is 1. The van der Waals surface area contributed by atoms with E-state index in [2.05, 4.69) is 0 Å². The van der Waals surface area contributed by atoms with Crippen molar-refractivity contribution in [3.63, 3.8) is 0 Å². The molecule has 0 spiro atoms. The first-order valence-corrected chi connectivity index (χ1v) is 5.82. The summed E-state index contributed by atoms with van der Waals surface area (Å²) in [7, 11) is 0. The monoisotopic (exact) mass is 289 g/mol. The summed E-state index contributed by atoms with van der Waals surface area (Å²) in [5, 5.41) is 10.6. The molecule has 1 unspecified atom stereocenters. The van der Waals surface area contributed by atoms with E-state index in [1.165, 1.54) is 0 Å². The highest BCUT2D eigenvalue weighted by atomic mass is 19.4. The zero-order valence-electron chi connectivity index (χ0n) is 10.7. The molecule has 1 atom stereocenters. The Kier molecular flexibility index (Phi) is 5.12. The van der Waals surface area contributed by atoms with Gasteiger partial charge in [-0.25, -0.2) is 4.79 Å². The Morgan fingerprint density at radius 1 is 1.25 bits per heavy atom. The number of carboxylic acid groups (broad SMARTS) is 1. The second-order valence-electron chi connectivity index (χ2n) is 4.44. The van der Waals surface area contributed by atoms with Gasteiger partial charge in [0.25, 0.3) is 0 Å². The molecule has 0 heterocycles. The van der Waals surface area contributed by atoms with E-state index >= 15 is 0 Å². The highest BCUT2D eigenvalue weighted by Gasteiger charge is 2.36. The third-order valence-electron chi connectivity index (χ3n) is 2.55. The molecule has 0 aliphatic heterocycles. The van der Waals surface area contributed by atoms with Gasteiger partial charge in [0, 0.05) is 0 Å². The minimum Gasteiger partial charge on any atom is -0.480 e. The molecule has 0 aliphatic rings. The van der Waals surface area contributed by atoms with Gasteiger partial charge in [0.1, 0.15) is 6.04 Å². The number of amides is 1. The fourth-order valence-electron chi connectivity index (χ4n) is 1.57. The van der Waals surface area contributed by atoms with Crippen LogP contribution in [0.2, 0.25) is 0 Å². The maximum absolute atomic E-state index is 12.2. The maximum atomic E-state index is 12.2. The molecule has 0 aromatic heterocycles. The first kappa shape index (κ1) is 16.0. The number of hydrogen-bond acceptors (Lipinski definition) is 2. The summed E-state index contributed by atoms with van der Waals surface area (Å²) in [6, 6.07) is 4.87. The fourth-order valence-corrected chi connectivity index (χ4v) is 1.57. The topological polar surface area (TPSA) is 66.4 Å². The quantitative estimate of drug-likeness (QED) is 0.872. The molecule has 1 rings (SSSR count). The van der Waals surface area contributed by atoms with Gasteiger partial charge >= 0.3 is 12.1 Å². The lowest BCUT2D eigenvalue weighted by atomic mass is 10.1. The molecule has 20 heavy (non-hydrogen) atoms. The predicted molar refractivity (Wildman–Crippen MR) is 65.1 cm³/mol. The third-order valence-corrected chi connectivity index (χ3v) is 2.55. The Balaban J connectivity index is 2.62. The number of halogens is 3. The lowest BCUT2D eigenvalue weighted by Crippen LogP contribution is -2.44. The van der Waals surface area contributed by atoms with Gasteiger partial charge in [-0.3, -0.25) is 4.79 Å². The van der Waals surface area contributed by atoms with Crippen molar-refractivity contribution in [3.05, 3.63) is 35.4 Å². The number of aryl methyl sites for hydroxylation is 1. The van der Waals surface area contributed by atoms with Crippen molar-refractivity contribution in [1.29, 1.82) is 0 Å². The van der Waals surface area contributed by atoms with Gasteiger partial charge in [0.15, 0.2) is 0 Å². The average molecular weight is 289 g/mol. The van der Waals surface area contributed by atoms with Crippen LogP contribution in [0.4, 0.5) is 13.2 Å². The van der Waals surface area contributed by atoms with Crippen LogP contribution in [0.15, 0.2) is 24.3 Å². The van der Waals surface area contributed by atoms with Crippen molar-refractivity contribution in [2.24, 2.45) is 0 Å². The first-order chi connectivity index (χ1) is 9.17. The molecular weight excluding hydrogens is 275 g/mol. The molecule has 0 fully saturated rings. The average Bonchev–Trinajstić information content (AvgIpc) is 2.29. The zero-order chi connectivity index (χ0) is 15.3. The van der Waals surface area contributed by atoms with E-state index in [9.17, 15) is 22.8 Å². The van der Waals surface area contributed by atoms with Gasteiger partial charge in [-0.05, 0) is 12.5 Å². The Morgan fingerprint density at radius 2 is 1.80 bits per heavy atom. The number of hydrogen-bond donors (Lipinski definition) is 2. The summed E-state index contributed by atoms with van der Waals surface area (Å²) in [6.45, 7) is 1.85. The molecule has 0 radical (unpaired) electrons. The number of rotatable bonds is 5.